The van der Waals surface area contributed by atoms with E-state index in [1.807, 2.05) is 13.8 Å². The van der Waals surface area contributed by atoms with Crippen molar-refractivity contribution in [1.29, 1.82) is 0 Å². The van der Waals surface area contributed by atoms with Gasteiger partial charge in [-0.1, -0.05) is 57.0 Å². The second kappa shape index (κ2) is 10.0. The molecule has 3 rings (SSSR count). The lowest BCUT2D eigenvalue weighted by Gasteiger charge is -2.40. The maximum Gasteiger partial charge on any atom is 0.297 e. The Hall–Kier alpha value is -2.78. The molecule has 0 bridgehead atoms. The predicted octanol–water partition coefficient (Wildman–Crippen LogP) is 2.47. The minimum Gasteiger partial charge on any atom is -0.507 e. The third-order valence-corrected chi connectivity index (χ3v) is 6.44. The van der Waals surface area contributed by atoms with E-state index in [1.165, 1.54) is 11.8 Å². The van der Waals surface area contributed by atoms with E-state index in [2.05, 4.69) is 0 Å². The topological polar surface area (TPSA) is 101 Å². The first-order valence-corrected chi connectivity index (χ1v) is 11.8. The van der Waals surface area contributed by atoms with Crippen LogP contribution in [-0.4, -0.2) is 79.0 Å². The first kappa shape index (κ1) is 24.9. The number of nitrogens with zero attached hydrogens (tertiary/aromatic N) is 3. The first-order valence-electron chi connectivity index (χ1n) is 11.4. The van der Waals surface area contributed by atoms with Gasteiger partial charge in [-0.15, -0.1) is 0 Å². The fraction of sp³-hybridized carbons (Fsp3) is 0.500. The molecule has 8 nitrogen and oxygen atoms in total. The average molecular weight is 474 g/mol. The molecule has 2 unspecified atom stereocenters. The lowest BCUT2D eigenvalue weighted by atomic mass is 9.93. The molecule has 9 heteroatoms. The summed E-state index contributed by atoms with van der Waals surface area (Å²) in [5.41, 5.74) is -1.92. The molecule has 2 N–H and O–H groups in total. The number of rotatable bonds is 9. The predicted molar refractivity (Wildman–Crippen MR) is 128 cm³/mol. The van der Waals surface area contributed by atoms with E-state index in [0.717, 1.165) is 17.7 Å². The Morgan fingerprint density at radius 1 is 1.03 bits per heavy atom. The van der Waals surface area contributed by atoms with Crippen molar-refractivity contribution < 1.29 is 24.6 Å². The van der Waals surface area contributed by atoms with Crippen molar-refractivity contribution in [2.24, 2.45) is 0 Å². The molecule has 0 radical (unpaired) electrons. The summed E-state index contributed by atoms with van der Waals surface area (Å²) in [7, 11) is 0. The van der Waals surface area contributed by atoms with Crippen molar-refractivity contribution in [3.8, 4) is 0 Å². The van der Waals surface area contributed by atoms with Crippen molar-refractivity contribution >= 4 is 40.7 Å². The quantitative estimate of drug-likeness (QED) is 0.246. The van der Waals surface area contributed by atoms with Gasteiger partial charge in [0.1, 0.15) is 11.3 Å². The number of carbonyl (C=O) groups excluding carboxylic acids is 3. The summed E-state index contributed by atoms with van der Waals surface area (Å²) in [4.78, 5) is 44.7. The van der Waals surface area contributed by atoms with Crippen molar-refractivity contribution in [2.75, 3.05) is 19.6 Å². The second-order valence-corrected chi connectivity index (χ2v) is 8.82. The van der Waals surface area contributed by atoms with Crippen LogP contribution in [0.1, 0.15) is 52.0 Å². The normalized spacial score (nSPS) is 23.3. The number of benzene rings is 1. The Balaban J connectivity index is 2.33. The Labute approximate surface area is 199 Å². The molecule has 1 aromatic carbocycles. The van der Waals surface area contributed by atoms with Crippen molar-refractivity contribution in [3.63, 3.8) is 0 Å². The van der Waals surface area contributed by atoms with E-state index >= 15 is 0 Å². The van der Waals surface area contributed by atoms with Crippen LogP contribution in [0.25, 0.3) is 5.76 Å². The number of unbranched alkanes of at least 4 members (excludes halogenated alkanes) is 2. The van der Waals surface area contributed by atoms with Crippen molar-refractivity contribution in [3.05, 3.63) is 41.5 Å². The smallest absolute Gasteiger partial charge is 0.297 e. The van der Waals surface area contributed by atoms with Gasteiger partial charge in [0.15, 0.2) is 5.11 Å². The highest BCUT2D eigenvalue weighted by Gasteiger charge is 2.70. The molecule has 2 amide bonds. The standard InChI is InChI=1S/C24H31N3O5S/c1-4-6-13-25-22(32)24(26(23(25)33)14-7-5-2)18(19(29)17-11-9-8-10-12-17)20(30)21(31)27(24)15-16(3)28/h8-12,16,28-29H,4-7,13-15H2,1-3H3/b19-18-. The summed E-state index contributed by atoms with van der Waals surface area (Å²) in [6.45, 7) is 5.85. The van der Waals surface area contributed by atoms with Crippen LogP contribution < -0.4 is 0 Å². The minimum absolute atomic E-state index is 0.221. The third-order valence-electron chi connectivity index (χ3n) is 6.00. The number of amides is 2. The minimum atomic E-state index is -1.93. The maximum absolute atomic E-state index is 14.1. The second-order valence-electron chi connectivity index (χ2n) is 8.45. The van der Waals surface area contributed by atoms with Crippen LogP contribution in [0.3, 0.4) is 0 Å². The Morgan fingerprint density at radius 2 is 1.64 bits per heavy atom. The lowest BCUT2D eigenvalue weighted by molar-refractivity contribution is -0.150. The van der Waals surface area contributed by atoms with Gasteiger partial charge in [0.2, 0.25) is 5.66 Å². The molecule has 1 aromatic rings. The van der Waals surface area contributed by atoms with E-state index in [4.69, 9.17) is 12.2 Å². The van der Waals surface area contributed by atoms with Crippen LogP contribution in [0.5, 0.6) is 0 Å². The molecule has 0 aromatic heterocycles. The number of likely N-dealkylation sites (tertiary alicyclic amines) is 1. The number of Topliss-reactive ketones (excluding diaryl/α,β-unsaturated/α-hetero) is 1. The largest absolute Gasteiger partial charge is 0.507 e. The molecular weight excluding hydrogens is 442 g/mol. The number of β-amino-alcohol motifs (C(OH)–C–C–N with tert-alkyl or cyclic N) is 1. The van der Waals surface area contributed by atoms with Crippen LogP contribution in [0.2, 0.25) is 0 Å². The first-order chi connectivity index (χ1) is 15.7. The zero-order valence-electron chi connectivity index (χ0n) is 19.3. The van der Waals surface area contributed by atoms with Crippen molar-refractivity contribution in [2.45, 2.75) is 58.2 Å². The third kappa shape index (κ3) is 4.04. The van der Waals surface area contributed by atoms with Gasteiger partial charge in [0.05, 0.1) is 6.10 Å². The molecule has 1 spiro atoms. The number of aliphatic hydroxyl groups is 2. The molecule has 2 aliphatic heterocycles. The zero-order valence-corrected chi connectivity index (χ0v) is 20.1. The van der Waals surface area contributed by atoms with Crippen LogP contribution in [0.4, 0.5) is 0 Å². The molecule has 2 fully saturated rings. The summed E-state index contributed by atoms with van der Waals surface area (Å²) in [5, 5.41) is 21.7. The molecule has 2 saturated heterocycles. The molecular formula is C24H31N3O5S. The molecule has 33 heavy (non-hydrogen) atoms. The molecule has 0 aliphatic carbocycles. The number of aliphatic hydroxyl groups excluding tert-OH is 2. The van der Waals surface area contributed by atoms with Gasteiger partial charge in [0.25, 0.3) is 17.6 Å². The fourth-order valence-electron chi connectivity index (χ4n) is 4.43. The van der Waals surface area contributed by atoms with Crippen LogP contribution in [-0.2, 0) is 14.4 Å². The maximum atomic E-state index is 14.1. The molecule has 2 atom stereocenters. The summed E-state index contributed by atoms with van der Waals surface area (Å²) in [5.74, 6) is -2.89. The monoisotopic (exact) mass is 473 g/mol. The Morgan fingerprint density at radius 3 is 2.21 bits per heavy atom. The number of thiocarbonyl (C=S) groups is 1. The van der Waals surface area contributed by atoms with E-state index < -0.39 is 35.1 Å². The average Bonchev–Trinajstić information content (AvgIpc) is 3.13. The van der Waals surface area contributed by atoms with Crippen LogP contribution in [0.15, 0.2) is 35.9 Å². The molecule has 2 aliphatic rings. The van der Waals surface area contributed by atoms with Gasteiger partial charge < -0.3 is 15.1 Å². The van der Waals surface area contributed by atoms with Gasteiger partial charge in [-0.05, 0) is 32.0 Å². The van der Waals surface area contributed by atoms with Crippen LogP contribution >= 0.6 is 12.2 Å². The highest BCUT2D eigenvalue weighted by atomic mass is 32.1. The van der Waals surface area contributed by atoms with Gasteiger partial charge >= 0.3 is 0 Å². The number of hydrogen-bond donors (Lipinski definition) is 2. The number of hydrogen-bond acceptors (Lipinski definition) is 6. The van der Waals surface area contributed by atoms with E-state index in [-0.39, 0.29) is 17.2 Å². The zero-order chi connectivity index (χ0) is 24.3. The van der Waals surface area contributed by atoms with Crippen molar-refractivity contribution in [1.82, 2.24) is 14.7 Å². The molecule has 0 saturated carbocycles. The summed E-state index contributed by atoms with van der Waals surface area (Å²) in [6, 6.07) is 8.35. The Kier molecular flexibility index (Phi) is 7.54. The van der Waals surface area contributed by atoms with E-state index in [0.29, 0.717) is 31.5 Å². The SMILES string of the molecule is CCCCN1C(=O)C2(/C(=C(\O)c3ccccc3)C(=O)C(=O)N2CC(C)O)N(CCCC)C1=S. The fourth-order valence-corrected chi connectivity index (χ4v) is 4.82. The van der Waals surface area contributed by atoms with E-state index in [1.54, 1.807) is 35.2 Å². The van der Waals surface area contributed by atoms with E-state index in [9.17, 15) is 24.6 Å². The summed E-state index contributed by atoms with van der Waals surface area (Å²) >= 11 is 5.69. The molecule has 178 valence electrons. The summed E-state index contributed by atoms with van der Waals surface area (Å²) in [6.07, 6.45) is 1.95. The Bertz CT molecular complexity index is 978. The van der Waals surface area contributed by atoms with Gasteiger partial charge in [0, 0.05) is 25.2 Å². The van der Waals surface area contributed by atoms with Gasteiger partial charge in [-0.2, -0.15) is 0 Å². The summed E-state index contributed by atoms with van der Waals surface area (Å²) < 4.78 is 0. The van der Waals surface area contributed by atoms with Gasteiger partial charge in [-0.25, -0.2) is 0 Å². The molecule has 2 heterocycles. The lowest BCUT2D eigenvalue weighted by Crippen LogP contribution is -2.62. The van der Waals surface area contributed by atoms with Crippen LogP contribution in [0, 0.1) is 0 Å². The highest BCUT2D eigenvalue weighted by molar-refractivity contribution is 7.80. The number of carbonyl (C=O) groups is 3. The number of ketones is 1. The highest BCUT2D eigenvalue weighted by Crippen LogP contribution is 2.45. The van der Waals surface area contributed by atoms with Gasteiger partial charge in [-0.3, -0.25) is 24.2 Å².